The van der Waals surface area contributed by atoms with Crippen molar-refractivity contribution in [1.29, 1.82) is 0 Å². The Kier molecular flexibility index (Phi) is 10.9. The number of aliphatic hydroxyl groups is 1. The van der Waals surface area contributed by atoms with Crippen molar-refractivity contribution >= 4 is 14.1 Å². The van der Waals surface area contributed by atoms with Gasteiger partial charge in [-0.3, -0.25) is 4.99 Å². The summed E-state index contributed by atoms with van der Waals surface area (Å²) in [7, 11) is 1.00. The van der Waals surface area contributed by atoms with Crippen molar-refractivity contribution in [1.82, 2.24) is 5.32 Å². The first kappa shape index (κ1) is 26.5. The van der Waals surface area contributed by atoms with Gasteiger partial charge in [-0.25, -0.2) is 0 Å². The van der Waals surface area contributed by atoms with E-state index in [1.165, 1.54) is 18.4 Å². The third-order valence-electron chi connectivity index (χ3n) is 5.44. The summed E-state index contributed by atoms with van der Waals surface area (Å²) in [4.78, 5) is 4.46. The minimum atomic E-state index is 0. The maximum Gasteiger partial charge on any atom is 1.00 e. The Morgan fingerprint density at radius 3 is 2.28 bits per heavy atom. The Labute approximate surface area is 214 Å². The van der Waals surface area contributed by atoms with Crippen LogP contribution in [-0.4, -0.2) is 53.0 Å². The van der Waals surface area contributed by atoms with Gasteiger partial charge in [-0.2, -0.15) is 0 Å². The first-order valence-electron chi connectivity index (χ1n) is 10.4. The van der Waals surface area contributed by atoms with E-state index in [2.05, 4.69) is 22.4 Å². The summed E-state index contributed by atoms with van der Waals surface area (Å²) in [6.45, 7) is 2.74. The van der Waals surface area contributed by atoms with Crippen LogP contribution in [-0.2, 0) is 0 Å². The maximum absolute atomic E-state index is 7.00. The van der Waals surface area contributed by atoms with E-state index in [1.54, 1.807) is 0 Å². The molecule has 165 valence electrons. The number of fused-ring (bicyclic) bond motifs is 2. The molecule has 0 saturated carbocycles. The zero-order chi connectivity index (χ0) is 20.8. The summed E-state index contributed by atoms with van der Waals surface area (Å²) in [6, 6.07) is 12.5. The number of nitrogens with one attached hydrogen (secondary N) is 1. The van der Waals surface area contributed by atoms with E-state index in [1.807, 2.05) is 24.3 Å². The molecule has 7 nitrogen and oxygen atoms in total. The predicted molar refractivity (Wildman–Crippen MR) is 121 cm³/mol. The van der Waals surface area contributed by atoms with Crippen LogP contribution in [0.4, 0.5) is 0 Å². The number of hydrogen-bond donors (Lipinski definition) is 2. The van der Waals surface area contributed by atoms with Gasteiger partial charge in [0.25, 0.3) is 0 Å². The molecule has 1 atom stereocenters. The van der Waals surface area contributed by atoms with Gasteiger partial charge in [-0.05, 0) is 50.4 Å². The Hall–Kier alpha value is -1.71. The van der Waals surface area contributed by atoms with Crippen molar-refractivity contribution in [3.8, 4) is 23.0 Å². The fourth-order valence-electron chi connectivity index (χ4n) is 4.09. The van der Waals surface area contributed by atoms with Gasteiger partial charge in [0.15, 0.2) is 23.0 Å². The second kappa shape index (κ2) is 13.1. The normalized spacial score (nSPS) is 18.8. The molecule has 0 bridgehead atoms. The number of rotatable bonds is 2. The molecule has 2 aromatic carbocycles. The van der Waals surface area contributed by atoms with Gasteiger partial charge in [0, 0.05) is 44.9 Å². The molecule has 2 N–H and O–H groups in total. The van der Waals surface area contributed by atoms with Crippen LogP contribution in [0.15, 0.2) is 41.4 Å². The molecule has 3 radical (unpaired) electrons. The Bertz CT molecular complexity index is 912. The van der Waals surface area contributed by atoms with Gasteiger partial charge >= 0.3 is 29.6 Å². The fraction of sp³-hybridized carbons (Fsp3) is 0.435. The molecule has 4 aliphatic rings. The van der Waals surface area contributed by atoms with Crippen LogP contribution in [0.25, 0.3) is 0 Å². The second-order valence-corrected chi connectivity index (χ2v) is 7.20. The first-order valence-corrected chi connectivity index (χ1v) is 10.4. The van der Waals surface area contributed by atoms with E-state index in [0.717, 1.165) is 67.3 Å². The Morgan fingerprint density at radius 1 is 0.938 bits per heavy atom. The summed E-state index contributed by atoms with van der Waals surface area (Å²) in [5.41, 5.74) is 3.52. The van der Waals surface area contributed by atoms with Crippen molar-refractivity contribution in [3.63, 3.8) is 0 Å². The molecular weight excluding hydrogens is 418 g/mol. The van der Waals surface area contributed by atoms with Gasteiger partial charge in [0.2, 0.25) is 13.6 Å². The van der Waals surface area contributed by atoms with Crippen LogP contribution in [0, 0.1) is 0 Å². The molecular formula is C23H29BN2NaO5. The molecule has 0 amide bonds. The van der Waals surface area contributed by atoms with E-state index in [-0.39, 0.29) is 39.4 Å². The van der Waals surface area contributed by atoms with Gasteiger partial charge in [0.1, 0.15) is 0 Å². The van der Waals surface area contributed by atoms with Gasteiger partial charge < -0.3 is 30.8 Å². The SMILES string of the molecule is CO.[B].[H-].[Na+].c1cc2c(c(C3=NCCC3)c1)OCO2.c1cc2c(c(C3CCCN3)c1)OCO2. The summed E-state index contributed by atoms with van der Waals surface area (Å²) >= 11 is 0. The van der Waals surface area contributed by atoms with Crippen LogP contribution in [0.3, 0.4) is 0 Å². The molecule has 1 fully saturated rings. The quantitative estimate of drug-likeness (QED) is 0.640. The summed E-state index contributed by atoms with van der Waals surface area (Å²) < 4.78 is 21.6. The number of ether oxygens (including phenoxy) is 4. The van der Waals surface area contributed by atoms with Crippen LogP contribution in [0.2, 0.25) is 0 Å². The van der Waals surface area contributed by atoms with Crippen LogP contribution < -0.4 is 53.8 Å². The van der Waals surface area contributed by atoms with Crippen LogP contribution in [0.5, 0.6) is 23.0 Å². The first-order chi connectivity index (χ1) is 14.9. The van der Waals surface area contributed by atoms with Gasteiger partial charge in [-0.1, -0.05) is 18.2 Å². The monoisotopic (exact) mass is 447 g/mol. The Morgan fingerprint density at radius 2 is 1.62 bits per heavy atom. The van der Waals surface area contributed by atoms with Crippen molar-refractivity contribution in [2.75, 3.05) is 33.8 Å². The van der Waals surface area contributed by atoms with Crippen molar-refractivity contribution in [2.45, 2.75) is 31.7 Å². The average Bonchev–Trinajstić information content (AvgIpc) is 3.60. The van der Waals surface area contributed by atoms with E-state index in [4.69, 9.17) is 24.1 Å². The molecule has 1 unspecified atom stereocenters. The molecule has 4 aliphatic heterocycles. The molecule has 2 aromatic rings. The third kappa shape index (κ3) is 5.80. The number of hydrogen-bond acceptors (Lipinski definition) is 7. The topological polar surface area (TPSA) is 81.5 Å². The summed E-state index contributed by atoms with van der Waals surface area (Å²) in [6.07, 6.45) is 4.65. The molecule has 0 spiro atoms. The van der Waals surface area contributed by atoms with E-state index in [9.17, 15) is 0 Å². The molecule has 0 aromatic heterocycles. The molecule has 4 heterocycles. The number of aliphatic hydroxyl groups excluding tert-OH is 1. The zero-order valence-corrected chi connectivity index (χ0v) is 20.8. The van der Waals surface area contributed by atoms with Crippen molar-refractivity contribution in [2.24, 2.45) is 4.99 Å². The van der Waals surface area contributed by atoms with E-state index in [0.29, 0.717) is 19.6 Å². The minimum absolute atomic E-state index is 0. The zero-order valence-electron chi connectivity index (χ0n) is 19.8. The van der Waals surface area contributed by atoms with Gasteiger partial charge in [0.05, 0.1) is 0 Å². The standard InChI is InChI=1S/C11H13NO2.C11H11NO2.CH4O.B.Na.H/c2*1-3-8(9-4-2-6-12-9)11-10(5-1)13-7-14-11;1-2;;;/h1,3,5,9,12H,2,4,6-7H2;1,3,5H,2,4,6-7H2;2H,1H3;;;/q;;;;+1;-1. The average molecular weight is 447 g/mol. The minimum Gasteiger partial charge on any atom is -1.00 e. The summed E-state index contributed by atoms with van der Waals surface area (Å²) in [5, 5.41) is 10.5. The predicted octanol–water partition coefficient (Wildman–Crippen LogP) is 0.182. The number of aliphatic imine (C=N–C) groups is 1. The van der Waals surface area contributed by atoms with Crippen molar-refractivity contribution in [3.05, 3.63) is 47.5 Å². The summed E-state index contributed by atoms with van der Waals surface area (Å²) in [5.74, 6) is 3.54. The fourth-order valence-corrected chi connectivity index (χ4v) is 4.09. The number of nitrogens with zero attached hydrogens (tertiary/aromatic N) is 1. The number of benzene rings is 2. The third-order valence-corrected chi connectivity index (χ3v) is 5.44. The Balaban J connectivity index is 0.000000283. The smallest absolute Gasteiger partial charge is 1.00 e. The van der Waals surface area contributed by atoms with Crippen LogP contribution in [0.1, 0.15) is 44.3 Å². The molecule has 1 saturated heterocycles. The molecule has 32 heavy (non-hydrogen) atoms. The number of para-hydroxylation sites is 2. The van der Waals surface area contributed by atoms with Crippen LogP contribution >= 0.6 is 0 Å². The van der Waals surface area contributed by atoms with Crippen molar-refractivity contribution < 1.29 is 55.0 Å². The largest absolute Gasteiger partial charge is 1.00 e. The molecule has 0 aliphatic carbocycles. The van der Waals surface area contributed by atoms with E-state index >= 15 is 0 Å². The maximum atomic E-state index is 7.00. The van der Waals surface area contributed by atoms with E-state index < -0.39 is 0 Å². The molecule has 6 rings (SSSR count). The van der Waals surface area contributed by atoms with Gasteiger partial charge in [-0.15, -0.1) is 0 Å². The molecule has 9 heteroatoms. The second-order valence-electron chi connectivity index (χ2n) is 7.20.